The topological polar surface area (TPSA) is 106 Å². The summed E-state index contributed by atoms with van der Waals surface area (Å²) in [5.41, 5.74) is 10.8. The molecule has 4 N–H and O–H groups in total. The van der Waals surface area contributed by atoms with Gasteiger partial charge in [0.05, 0.1) is 5.75 Å². The van der Waals surface area contributed by atoms with Crippen molar-refractivity contribution in [3.05, 3.63) is 35.9 Å². The van der Waals surface area contributed by atoms with Crippen molar-refractivity contribution in [2.24, 2.45) is 11.5 Å². The van der Waals surface area contributed by atoms with E-state index in [2.05, 4.69) is 0 Å². The van der Waals surface area contributed by atoms with Crippen LogP contribution in [0.3, 0.4) is 0 Å². The van der Waals surface area contributed by atoms with Gasteiger partial charge in [0.2, 0.25) is 5.91 Å². The summed E-state index contributed by atoms with van der Waals surface area (Å²) in [6, 6.07) is 8.83. The molecule has 0 aliphatic heterocycles. The highest BCUT2D eigenvalue weighted by atomic mass is 32.2. The van der Waals surface area contributed by atoms with Crippen LogP contribution in [0.2, 0.25) is 0 Å². The first-order valence-electron chi connectivity index (χ1n) is 6.16. The molecule has 0 spiro atoms. The summed E-state index contributed by atoms with van der Waals surface area (Å²) in [6.45, 7) is 0.444. The van der Waals surface area contributed by atoms with Gasteiger partial charge in [-0.15, -0.1) is 0 Å². The van der Waals surface area contributed by atoms with Crippen molar-refractivity contribution in [2.75, 3.05) is 32.1 Å². The van der Waals surface area contributed by atoms with E-state index < -0.39 is 21.3 Å². The average molecular weight is 299 g/mol. The van der Waals surface area contributed by atoms with Gasteiger partial charge in [-0.05, 0) is 12.6 Å². The molecule has 0 heterocycles. The number of carbonyl (C=O) groups excluding carboxylic acids is 1. The minimum Gasteiger partial charge on any atom is -0.368 e. The van der Waals surface area contributed by atoms with Crippen molar-refractivity contribution < 1.29 is 13.2 Å². The molecule has 1 aromatic carbocycles. The van der Waals surface area contributed by atoms with E-state index in [9.17, 15) is 13.2 Å². The Kier molecular flexibility index (Phi) is 5.27. The number of likely N-dealkylation sites (N-methyl/N-ethyl adjacent to an activating group) is 1. The Morgan fingerprint density at radius 3 is 2.30 bits per heavy atom. The number of nitrogens with zero attached hydrogens (tertiary/aromatic N) is 1. The third-order valence-corrected chi connectivity index (χ3v) is 4.02. The Morgan fingerprint density at radius 1 is 1.30 bits per heavy atom. The minimum absolute atomic E-state index is 0.00707. The molecule has 1 aromatic rings. The molecule has 0 aliphatic rings. The van der Waals surface area contributed by atoms with Crippen LogP contribution in [0.4, 0.5) is 0 Å². The summed E-state index contributed by atoms with van der Waals surface area (Å²) >= 11 is 0. The maximum atomic E-state index is 11.7. The number of rotatable bonds is 7. The fourth-order valence-corrected chi connectivity index (χ4v) is 2.52. The van der Waals surface area contributed by atoms with Gasteiger partial charge >= 0.3 is 0 Å². The summed E-state index contributed by atoms with van der Waals surface area (Å²) in [7, 11) is -1.35. The number of hydrogen-bond acceptors (Lipinski definition) is 5. The van der Waals surface area contributed by atoms with Crippen molar-refractivity contribution in [1.82, 2.24) is 4.90 Å². The molecule has 7 heteroatoms. The van der Waals surface area contributed by atoms with Crippen LogP contribution in [-0.4, -0.2) is 51.4 Å². The van der Waals surface area contributed by atoms with E-state index in [0.29, 0.717) is 5.56 Å². The number of nitrogens with two attached hydrogens (primary N) is 2. The minimum atomic E-state index is -3.06. The zero-order valence-corrected chi connectivity index (χ0v) is 12.6. The number of amides is 1. The van der Waals surface area contributed by atoms with Crippen LogP contribution in [0.25, 0.3) is 0 Å². The summed E-state index contributed by atoms with van der Waals surface area (Å²) < 4.78 is 22.3. The number of primary amides is 1. The smallest absolute Gasteiger partial charge is 0.243 e. The molecular formula is C13H21N3O3S. The lowest BCUT2D eigenvalue weighted by Crippen LogP contribution is -2.56. The molecule has 0 saturated carbocycles. The first-order chi connectivity index (χ1) is 9.15. The summed E-state index contributed by atoms with van der Waals surface area (Å²) in [6.07, 6.45) is 1.17. The molecule has 112 valence electrons. The van der Waals surface area contributed by atoms with E-state index in [4.69, 9.17) is 11.5 Å². The van der Waals surface area contributed by atoms with Crippen molar-refractivity contribution >= 4 is 15.7 Å². The Morgan fingerprint density at radius 2 is 1.85 bits per heavy atom. The molecule has 1 unspecified atom stereocenters. The van der Waals surface area contributed by atoms with Crippen molar-refractivity contribution in [3.8, 4) is 0 Å². The molecule has 0 aromatic heterocycles. The third kappa shape index (κ3) is 4.59. The maximum Gasteiger partial charge on any atom is 0.243 e. The van der Waals surface area contributed by atoms with Gasteiger partial charge in [-0.3, -0.25) is 4.79 Å². The van der Waals surface area contributed by atoms with Gasteiger partial charge in [0.25, 0.3) is 0 Å². The normalized spacial score (nSPS) is 15.0. The summed E-state index contributed by atoms with van der Waals surface area (Å²) in [5, 5.41) is 0. The van der Waals surface area contributed by atoms with E-state index >= 15 is 0 Å². The van der Waals surface area contributed by atoms with Crippen LogP contribution in [-0.2, 0) is 20.2 Å². The molecule has 0 saturated heterocycles. The standard InChI is InChI=1S/C13H21N3O3S/c1-16(8-9-20(2,18)19)10-13(15,12(14)17)11-6-4-3-5-7-11/h3-7H,8-10,15H2,1-2H3,(H2,14,17). The third-order valence-electron chi connectivity index (χ3n) is 3.09. The molecule has 6 nitrogen and oxygen atoms in total. The maximum absolute atomic E-state index is 11.7. The lowest BCUT2D eigenvalue weighted by Gasteiger charge is -2.31. The second kappa shape index (κ2) is 6.34. The van der Waals surface area contributed by atoms with Crippen molar-refractivity contribution in [1.29, 1.82) is 0 Å². The fourth-order valence-electron chi connectivity index (χ4n) is 1.87. The molecule has 0 fully saturated rings. The predicted molar refractivity (Wildman–Crippen MR) is 78.7 cm³/mol. The van der Waals surface area contributed by atoms with E-state index in [-0.39, 0.29) is 18.8 Å². The first-order valence-corrected chi connectivity index (χ1v) is 8.22. The Bertz CT molecular complexity index is 559. The largest absolute Gasteiger partial charge is 0.368 e. The number of hydrogen-bond donors (Lipinski definition) is 2. The average Bonchev–Trinajstić information content (AvgIpc) is 2.36. The van der Waals surface area contributed by atoms with Gasteiger partial charge in [0.1, 0.15) is 15.4 Å². The molecule has 1 atom stereocenters. The van der Waals surface area contributed by atoms with Gasteiger partial charge in [0, 0.05) is 19.3 Å². The van der Waals surface area contributed by atoms with Crippen molar-refractivity contribution in [2.45, 2.75) is 5.54 Å². The highest BCUT2D eigenvalue weighted by Crippen LogP contribution is 2.18. The molecule has 1 amide bonds. The van der Waals surface area contributed by atoms with E-state index in [1.807, 2.05) is 6.07 Å². The lowest BCUT2D eigenvalue weighted by molar-refractivity contribution is -0.124. The van der Waals surface area contributed by atoms with Crippen LogP contribution >= 0.6 is 0 Å². The van der Waals surface area contributed by atoms with Gasteiger partial charge in [-0.25, -0.2) is 8.42 Å². The fraction of sp³-hybridized carbons (Fsp3) is 0.462. The highest BCUT2D eigenvalue weighted by Gasteiger charge is 2.35. The van der Waals surface area contributed by atoms with Crippen molar-refractivity contribution in [3.63, 3.8) is 0 Å². The van der Waals surface area contributed by atoms with Crippen LogP contribution in [0.5, 0.6) is 0 Å². The first kappa shape index (κ1) is 16.6. The van der Waals surface area contributed by atoms with E-state index in [1.54, 1.807) is 36.2 Å². The Hall–Kier alpha value is -1.44. The predicted octanol–water partition coefficient (Wildman–Crippen LogP) is -0.698. The molecule has 0 radical (unpaired) electrons. The van der Waals surface area contributed by atoms with Crippen LogP contribution < -0.4 is 11.5 Å². The zero-order valence-electron chi connectivity index (χ0n) is 11.7. The van der Waals surface area contributed by atoms with Crippen LogP contribution in [0.15, 0.2) is 30.3 Å². The number of carbonyl (C=O) groups is 1. The van der Waals surface area contributed by atoms with E-state index in [1.165, 1.54) is 6.26 Å². The Balaban J connectivity index is 2.86. The molecule has 0 bridgehead atoms. The van der Waals surface area contributed by atoms with Crippen LogP contribution in [0.1, 0.15) is 5.56 Å². The lowest BCUT2D eigenvalue weighted by atomic mass is 9.89. The molecule has 20 heavy (non-hydrogen) atoms. The van der Waals surface area contributed by atoms with Gasteiger partial charge in [0.15, 0.2) is 0 Å². The monoisotopic (exact) mass is 299 g/mol. The van der Waals surface area contributed by atoms with Gasteiger partial charge in [-0.1, -0.05) is 30.3 Å². The number of sulfone groups is 1. The zero-order chi connectivity index (χ0) is 15.4. The number of benzene rings is 1. The second-order valence-electron chi connectivity index (χ2n) is 5.07. The van der Waals surface area contributed by atoms with Gasteiger partial charge in [-0.2, -0.15) is 0 Å². The SMILES string of the molecule is CN(CCS(C)(=O)=O)CC(N)(C(N)=O)c1ccccc1. The summed E-state index contributed by atoms with van der Waals surface area (Å²) in [5.74, 6) is -0.637. The summed E-state index contributed by atoms with van der Waals surface area (Å²) in [4.78, 5) is 13.4. The quantitative estimate of drug-likeness (QED) is 0.692. The molecule has 1 rings (SSSR count). The molecular weight excluding hydrogens is 278 g/mol. The second-order valence-corrected chi connectivity index (χ2v) is 7.33. The van der Waals surface area contributed by atoms with Gasteiger partial charge < -0.3 is 16.4 Å². The Labute approximate surface area is 119 Å². The van der Waals surface area contributed by atoms with Crippen LogP contribution in [0, 0.1) is 0 Å². The molecule has 0 aliphatic carbocycles. The van der Waals surface area contributed by atoms with E-state index in [0.717, 1.165) is 0 Å². The highest BCUT2D eigenvalue weighted by molar-refractivity contribution is 7.90.